The number of likely N-dealkylation sites (N-methyl/N-ethyl adjacent to an activating group) is 1. The van der Waals surface area contributed by atoms with Gasteiger partial charge in [-0.3, -0.25) is 14.5 Å². The van der Waals surface area contributed by atoms with Crippen molar-refractivity contribution in [3.8, 4) is 0 Å². The number of carbonyl (C=O) groups excluding carboxylic acids is 2. The molecule has 1 N–H and O–H groups in total. The Bertz CT molecular complexity index is 997. The van der Waals surface area contributed by atoms with Crippen LogP contribution in [-0.4, -0.2) is 36.9 Å². The predicted octanol–water partition coefficient (Wildman–Crippen LogP) is 4.26. The molecule has 1 fully saturated rings. The van der Waals surface area contributed by atoms with Crippen LogP contribution in [0.25, 0.3) is 0 Å². The third-order valence-electron chi connectivity index (χ3n) is 4.94. The minimum Gasteiger partial charge on any atom is -0.385 e. The highest BCUT2D eigenvalue weighted by Crippen LogP contribution is 2.36. The molecule has 1 aromatic heterocycles. The Morgan fingerprint density at radius 1 is 1.33 bits per heavy atom. The van der Waals surface area contributed by atoms with Crippen LogP contribution in [0.1, 0.15) is 24.1 Å². The molecule has 0 bridgehead atoms. The highest BCUT2D eigenvalue weighted by Gasteiger charge is 2.41. The summed E-state index contributed by atoms with van der Waals surface area (Å²) < 4.78 is 39.7. The summed E-state index contributed by atoms with van der Waals surface area (Å²) in [4.78, 5) is 32.2. The monoisotopic (exact) mass is 440 g/mol. The number of para-hydroxylation sites is 1. The minimum absolute atomic E-state index is 0.0374. The highest BCUT2D eigenvalue weighted by molar-refractivity contribution is 6.34. The number of nitrogens with zero attached hydrogens (tertiary/aromatic N) is 3. The van der Waals surface area contributed by atoms with Gasteiger partial charge in [-0.2, -0.15) is 13.2 Å². The van der Waals surface area contributed by atoms with E-state index in [0.29, 0.717) is 16.4 Å². The molecular formula is C20H20ClF3N4O2. The Morgan fingerprint density at radius 3 is 2.67 bits per heavy atom. The second kappa shape index (κ2) is 8.14. The van der Waals surface area contributed by atoms with Crippen molar-refractivity contribution >= 4 is 40.6 Å². The van der Waals surface area contributed by atoms with E-state index in [1.165, 1.54) is 18.9 Å². The molecule has 1 atom stereocenters. The maximum absolute atomic E-state index is 13.2. The van der Waals surface area contributed by atoms with Crippen LogP contribution >= 0.6 is 11.6 Å². The topological polar surface area (TPSA) is 65.5 Å². The molecule has 2 heterocycles. The van der Waals surface area contributed by atoms with Crippen molar-refractivity contribution in [3.63, 3.8) is 0 Å². The molecule has 1 unspecified atom stereocenters. The average molecular weight is 441 g/mol. The molecule has 0 spiro atoms. The van der Waals surface area contributed by atoms with Crippen LogP contribution < -0.4 is 15.1 Å². The third kappa shape index (κ3) is 4.07. The lowest BCUT2D eigenvalue weighted by Crippen LogP contribution is -2.46. The SMILES string of the molecule is CNc1c(Cl)cccc1N(C)C(=O)C1CCC(=O)N1c1cc(C(F)(F)F)cc(C)n1. The number of hydrogen-bond donors (Lipinski definition) is 1. The standard InChI is InChI=1S/C20H20ClF3N4O2/c1-11-9-12(20(22,23)24)10-16(26-11)28-15(7-8-17(28)29)19(30)27(3)14-6-4-5-13(21)18(14)25-2/h4-6,9-10,15,25H,7-8H2,1-3H3. The molecule has 10 heteroatoms. The third-order valence-corrected chi connectivity index (χ3v) is 5.26. The number of pyridine rings is 1. The van der Waals surface area contributed by atoms with Crippen LogP contribution in [0, 0.1) is 6.92 Å². The first kappa shape index (κ1) is 21.9. The van der Waals surface area contributed by atoms with Gasteiger partial charge >= 0.3 is 6.18 Å². The summed E-state index contributed by atoms with van der Waals surface area (Å²) in [6.07, 6.45) is -4.38. The zero-order chi connectivity index (χ0) is 22.2. The first-order valence-electron chi connectivity index (χ1n) is 9.16. The number of benzene rings is 1. The molecule has 2 aromatic rings. The number of aryl methyl sites for hydroxylation is 1. The molecule has 1 aliphatic heterocycles. The van der Waals surface area contributed by atoms with Gasteiger partial charge in [0.1, 0.15) is 11.9 Å². The average Bonchev–Trinajstić information content (AvgIpc) is 3.06. The van der Waals surface area contributed by atoms with Crippen molar-refractivity contribution in [2.75, 3.05) is 29.2 Å². The Labute approximate surface area is 176 Å². The summed E-state index contributed by atoms with van der Waals surface area (Å²) in [5.74, 6) is -1.08. The Balaban J connectivity index is 1.99. The van der Waals surface area contributed by atoms with E-state index in [1.54, 1.807) is 25.2 Å². The van der Waals surface area contributed by atoms with E-state index in [2.05, 4.69) is 10.3 Å². The maximum atomic E-state index is 13.2. The molecule has 1 aromatic carbocycles. The quantitative estimate of drug-likeness (QED) is 0.771. The van der Waals surface area contributed by atoms with Crippen LogP contribution in [0.5, 0.6) is 0 Å². The lowest BCUT2D eigenvalue weighted by molar-refractivity contribution is -0.137. The number of halogens is 4. The number of anilines is 3. The van der Waals surface area contributed by atoms with Crippen LogP contribution in [-0.2, 0) is 15.8 Å². The predicted molar refractivity (Wildman–Crippen MR) is 109 cm³/mol. The summed E-state index contributed by atoms with van der Waals surface area (Å²) in [6, 6.07) is 5.76. The minimum atomic E-state index is -4.59. The van der Waals surface area contributed by atoms with Gasteiger partial charge in [0, 0.05) is 26.2 Å². The van der Waals surface area contributed by atoms with E-state index in [1.807, 2.05) is 0 Å². The van der Waals surface area contributed by atoms with Gasteiger partial charge in [0.25, 0.3) is 0 Å². The van der Waals surface area contributed by atoms with Gasteiger partial charge in [0.2, 0.25) is 11.8 Å². The largest absolute Gasteiger partial charge is 0.416 e. The van der Waals surface area contributed by atoms with Gasteiger partial charge in [0.15, 0.2) is 0 Å². The fraction of sp³-hybridized carbons (Fsp3) is 0.350. The Morgan fingerprint density at radius 2 is 2.03 bits per heavy atom. The summed E-state index contributed by atoms with van der Waals surface area (Å²) in [6.45, 7) is 1.41. The number of rotatable bonds is 4. The molecule has 0 aliphatic carbocycles. The van der Waals surface area contributed by atoms with Gasteiger partial charge in [-0.15, -0.1) is 0 Å². The number of alkyl halides is 3. The number of aromatic nitrogens is 1. The fourth-order valence-electron chi connectivity index (χ4n) is 3.53. The Hall–Kier alpha value is -2.81. The van der Waals surface area contributed by atoms with Gasteiger partial charge in [-0.05, 0) is 37.6 Å². The van der Waals surface area contributed by atoms with Gasteiger partial charge in [-0.1, -0.05) is 17.7 Å². The number of nitrogens with one attached hydrogen (secondary N) is 1. The normalized spacial score (nSPS) is 16.7. The smallest absolute Gasteiger partial charge is 0.385 e. The van der Waals surface area contributed by atoms with E-state index in [4.69, 9.17) is 11.6 Å². The van der Waals surface area contributed by atoms with E-state index >= 15 is 0 Å². The second-order valence-electron chi connectivity index (χ2n) is 6.95. The highest BCUT2D eigenvalue weighted by atomic mass is 35.5. The lowest BCUT2D eigenvalue weighted by atomic mass is 10.1. The van der Waals surface area contributed by atoms with E-state index in [-0.39, 0.29) is 24.4 Å². The first-order chi connectivity index (χ1) is 14.0. The Kier molecular flexibility index (Phi) is 5.94. The van der Waals surface area contributed by atoms with Gasteiger partial charge in [-0.25, -0.2) is 4.98 Å². The summed E-state index contributed by atoms with van der Waals surface area (Å²) in [7, 11) is 3.18. The molecule has 3 rings (SSSR count). The summed E-state index contributed by atoms with van der Waals surface area (Å²) in [5, 5.41) is 3.34. The van der Waals surface area contributed by atoms with Crippen molar-refractivity contribution in [3.05, 3.63) is 46.6 Å². The van der Waals surface area contributed by atoms with E-state index in [9.17, 15) is 22.8 Å². The molecule has 2 amide bonds. The van der Waals surface area contributed by atoms with Crippen molar-refractivity contribution in [1.82, 2.24) is 4.98 Å². The van der Waals surface area contributed by atoms with Crippen LogP contribution in [0.2, 0.25) is 5.02 Å². The second-order valence-corrected chi connectivity index (χ2v) is 7.36. The number of amides is 2. The molecule has 160 valence electrons. The molecule has 1 saturated heterocycles. The summed E-state index contributed by atoms with van der Waals surface area (Å²) >= 11 is 6.18. The number of carbonyl (C=O) groups is 2. The van der Waals surface area contributed by atoms with Gasteiger partial charge < -0.3 is 10.2 Å². The zero-order valence-corrected chi connectivity index (χ0v) is 17.3. The molecule has 1 aliphatic rings. The van der Waals surface area contributed by atoms with Crippen LogP contribution in [0.4, 0.5) is 30.4 Å². The maximum Gasteiger partial charge on any atom is 0.416 e. The molecule has 30 heavy (non-hydrogen) atoms. The van der Waals surface area contributed by atoms with Crippen LogP contribution in [0.3, 0.4) is 0 Å². The van der Waals surface area contributed by atoms with Crippen molar-refractivity contribution in [2.24, 2.45) is 0 Å². The van der Waals surface area contributed by atoms with Crippen molar-refractivity contribution < 1.29 is 22.8 Å². The van der Waals surface area contributed by atoms with E-state index < -0.39 is 29.6 Å². The van der Waals surface area contributed by atoms with Crippen molar-refractivity contribution in [1.29, 1.82) is 0 Å². The first-order valence-corrected chi connectivity index (χ1v) is 9.54. The van der Waals surface area contributed by atoms with E-state index in [0.717, 1.165) is 17.0 Å². The zero-order valence-electron chi connectivity index (χ0n) is 16.5. The van der Waals surface area contributed by atoms with Crippen molar-refractivity contribution in [2.45, 2.75) is 32.0 Å². The lowest BCUT2D eigenvalue weighted by Gasteiger charge is -2.29. The molecular weight excluding hydrogens is 421 g/mol. The van der Waals surface area contributed by atoms with Gasteiger partial charge in [0.05, 0.1) is 22.0 Å². The fourth-order valence-corrected chi connectivity index (χ4v) is 3.79. The summed E-state index contributed by atoms with van der Waals surface area (Å²) in [5.41, 5.74) is 0.198. The molecule has 0 radical (unpaired) electrons. The molecule has 6 nitrogen and oxygen atoms in total. The van der Waals surface area contributed by atoms with Crippen LogP contribution in [0.15, 0.2) is 30.3 Å². The number of hydrogen-bond acceptors (Lipinski definition) is 4. The molecule has 0 saturated carbocycles.